The monoisotopic (exact) mass is 414 g/mol. The van der Waals surface area contributed by atoms with Crippen LogP contribution in [0.15, 0.2) is 35.3 Å². The van der Waals surface area contributed by atoms with Gasteiger partial charge in [0.2, 0.25) is 11.9 Å². The van der Waals surface area contributed by atoms with Crippen molar-refractivity contribution in [2.45, 2.75) is 32.1 Å². The molecule has 29 heavy (non-hydrogen) atoms. The number of aromatic amines is 1. The van der Waals surface area contributed by atoms with Gasteiger partial charge in [-0.25, -0.2) is 4.98 Å². The van der Waals surface area contributed by atoms with Crippen LogP contribution in [0.3, 0.4) is 0 Å². The molecule has 2 aromatic heterocycles. The Bertz CT molecular complexity index is 1040. The molecule has 0 saturated carbocycles. The highest BCUT2D eigenvalue weighted by atomic mass is 35.5. The molecule has 0 unspecified atom stereocenters. The van der Waals surface area contributed by atoms with Crippen LogP contribution in [0, 0.1) is 0 Å². The summed E-state index contributed by atoms with van der Waals surface area (Å²) in [5.74, 6) is 0.556. The van der Waals surface area contributed by atoms with Crippen LogP contribution in [0.4, 0.5) is 5.69 Å². The number of halogens is 1. The lowest BCUT2D eigenvalue weighted by Gasteiger charge is -2.20. The summed E-state index contributed by atoms with van der Waals surface area (Å²) in [7, 11) is 0. The van der Waals surface area contributed by atoms with Crippen LogP contribution < -0.4 is 10.9 Å². The van der Waals surface area contributed by atoms with Gasteiger partial charge in [-0.1, -0.05) is 30.2 Å². The lowest BCUT2D eigenvalue weighted by atomic mass is 10.2. The van der Waals surface area contributed by atoms with E-state index >= 15 is 0 Å². The fourth-order valence-corrected chi connectivity index (χ4v) is 3.71. The fraction of sp³-hybridized carbons (Fsp3) is 0.400. The van der Waals surface area contributed by atoms with Crippen LogP contribution in [0.1, 0.15) is 32.1 Å². The van der Waals surface area contributed by atoms with Gasteiger partial charge < -0.3 is 15.2 Å². The second-order valence-electron chi connectivity index (χ2n) is 7.14. The number of amides is 1. The lowest BCUT2D eigenvalue weighted by molar-refractivity contribution is -0.130. The number of likely N-dealkylation sites (tertiary alicyclic amines) is 1. The molecule has 2 N–H and O–H groups in total. The van der Waals surface area contributed by atoms with Crippen LogP contribution in [0.25, 0.3) is 17.0 Å². The molecule has 4 rings (SSSR count). The molecule has 1 fully saturated rings. The molecule has 1 amide bonds. The van der Waals surface area contributed by atoms with Crippen LogP contribution in [0.5, 0.6) is 0 Å². The van der Waals surface area contributed by atoms with Gasteiger partial charge in [-0.05, 0) is 31.4 Å². The largest absolute Gasteiger partial charge is 0.382 e. The molecule has 0 bridgehead atoms. The van der Waals surface area contributed by atoms with Crippen molar-refractivity contribution < 1.29 is 4.79 Å². The summed E-state index contributed by atoms with van der Waals surface area (Å²) in [4.78, 5) is 34.1. The maximum Gasteiger partial charge on any atom is 0.295 e. The van der Waals surface area contributed by atoms with E-state index in [1.54, 1.807) is 0 Å². The van der Waals surface area contributed by atoms with E-state index in [-0.39, 0.29) is 10.9 Å². The molecule has 8 nitrogen and oxygen atoms in total. The molecular weight excluding hydrogens is 392 g/mol. The first-order valence-corrected chi connectivity index (χ1v) is 10.3. The Morgan fingerprint density at radius 3 is 2.90 bits per heavy atom. The lowest BCUT2D eigenvalue weighted by Crippen LogP contribution is -2.32. The summed E-state index contributed by atoms with van der Waals surface area (Å²) in [5.41, 5.74) is 1.60. The number of hydrogen-bond donors (Lipinski definition) is 2. The molecule has 3 aromatic rings. The normalized spacial score (nSPS) is 14.9. The Balaban J connectivity index is 1.41. The Labute approximate surface area is 172 Å². The van der Waals surface area contributed by atoms with Gasteiger partial charge in [-0.2, -0.15) is 9.78 Å². The van der Waals surface area contributed by atoms with Crippen molar-refractivity contribution in [2.24, 2.45) is 0 Å². The molecule has 3 heterocycles. The second-order valence-corrected chi connectivity index (χ2v) is 7.52. The van der Waals surface area contributed by atoms with Crippen LogP contribution in [0.2, 0.25) is 5.02 Å². The minimum atomic E-state index is -0.446. The number of benzene rings is 1. The number of para-hydroxylation sites is 2. The minimum Gasteiger partial charge on any atom is -0.382 e. The van der Waals surface area contributed by atoms with Crippen molar-refractivity contribution in [3.63, 3.8) is 0 Å². The molecule has 0 aliphatic carbocycles. The fourth-order valence-electron chi connectivity index (χ4n) is 3.51. The number of aromatic nitrogens is 4. The Kier molecular flexibility index (Phi) is 5.80. The molecule has 9 heteroatoms. The van der Waals surface area contributed by atoms with Gasteiger partial charge in [0, 0.05) is 26.1 Å². The topological polar surface area (TPSA) is 95.9 Å². The highest BCUT2D eigenvalue weighted by Crippen LogP contribution is 2.18. The average Bonchev–Trinajstić information content (AvgIpc) is 3.05. The van der Waals surface area contributed by atoms with Gasteiger partial charge in [-0.3, -0.25) is 9.59 Å². The predicted molar refractivity (Wildman–Crippen MR) is 113 cm³/mol. The average molecular weight is 415 g/mol. The van der Waals surface area contributed by atoms with Gasteiger partial charge in [-0.15, -0.1) is 0 Å². The minimum absolute atomic E-state index is 0.0614. The Morgan fingerprint density at radius 1 is 1.17 bits per heavy atom. The van der Waals surface area contributed by atoms with E-state index in [1.807, 2.05) is 29.2 Å². The smallest absolute Gasteiger partial charge is 0.295 e. The number of H-pyrrole nitrogens is 1. The summed E-state index contributed by atoms with van der Waals surface area (Å²) in [6.07, 6.45) is 6.10. The molecule has 1 saturated heterocycles. The van der Waals surface area contributed by atoms with Crippen molar-refractivity contribution in [3.05, 3.63) is 45.8 Å². The van der Waals surface area contributed by atoms with E-state index in [0.29, 0.717) is 31.1 Å². The number of nitrogens with one attached hydrogen (secondary N) is 2. The first-order valence-electron chi connectivity index (χ1n) is 9.88. The van der Waals surface area contributed by atoms with Gasteiger partial charge in [0.15, 0.2) is 0 Å². The zero-order chi connectivity index (χ0) is 20.2. The number of rotatable bonds is 6. The first-order chi connectivity index (χ1) is 14.1. The van der Waals surface area contributed by atoms with E-state index in [1.165, 1.54) is 6.20 Å². The SMILES string of the molecule is O=C1CCCCCN1CCCNc1cnn(-c2nc3ccccc3[nH]2)c(=O)c1Cl. The van der Waals surface area contributed by atoms with Crippen molar-refractivity contribution in [1.29, 1.82) is 0 Å². The highest BCUT2D eigenvalue weighted by Gasteiger charge is 2.16. The van der Waals surface area contributed by atoms with E-state index in [0.717, 1.165) is 47.9 Å². The molecule has 0 atom stereocenters. The van der Waals surface area contributed by atoms with Crippen molar-refractivity contribution in [2.75, 3.05) is 25.0 Å². The number of hydrogen-bond acceptors (Lipinski definition) is 5. The molecule has 152 valence electrons. The molecule has 1 aliphatic heterocycles. The van der Waals surface area contributed by atoms with Gasteiger partial charge in [0.25, 0.3) is 5.56 Å². The summed E-state index contributed by atoms with van der Waals surface area (Å²) >= 11 is 6.28. The van der Waals surface area contributed by atoms with E-state index in [4.69, 9.17) is 11.6 Å². The standard InChI is InChI=1S/C20H23ClN6O2/c21-18-16(22-10-6-12-26-11-5-1-2-9-17(26)28)13-23-27(19(18)29)20-24-14-7-3-4-8-15(14)25-20/h3-4,7-8,13,22H,1-2,5-6,9-12H2,(H,24,25). The molecule has 0 spiro atoms. The highest BCUT2D eigenvalue weighted by molar-refractivity contribution is 6.32. The Hall–Kier alpha value is -2.87. The molecule has 1 aromatic carbocycles. The van der Waals surface area contributed by atoms with E-state index < -0.39 is 5.56 Å². The number of carbonyl (C=O) groups is 1. The maximum atomic E-state index is 12.6. The third-order valence-electron chi connectivity index (χ3n) is 5.09. The Morgan fingerprint density at radius 2 is 2.03 bits per heavy atom. The van der Waals surface area contributed by atoms with Gasteiger partial charge >= 0.3 is 0 Å². The summed E-state index contributed by atoms with van der Waals surface area (Å²) in [6, 6.07) is 7.50. The second kappa shape index (κ2) is 8.65. The zero-order valence-electron chi connectivity index (χ0n) is 16.0. The third kappa shape index (κ3) is 4.27. The van der Waals surface area contributed by atoms with Crippen LogP contribution >= 0.6 is 11.6 Å². The summed E-state index contributed by atoms with van der Waals surface area (Å²) in [6.45, 7) is 2.13. The third-order valence-corrected chi connectivity index (χ3v) is 5.45. The van der Waals surface area contributed by atoms with E-state index in [9.17, 15) is 9.59 Å². The van der Waals surface area contributed by atoms with Gasteiger partial charge in [0.1, 0.15) is 5.02 Å². The molecule has 1 aliphatic rings. The molecular formula is C20H23ClN6O2. The number of fused-ring (bicyclic) bond motifs is 1. The number of imidazole rings is 1. The van der Waals surface area contributed by atoms with Gasteiger partial charge in [0.05, 0.1) is 22.9 Å². The first kappa shape index (κ1) is 19.4. The maximum absolute atomic E-state index is 12.6. The summed E-state index contributed by atoms with van der Waals surface area (Å²) < 4.78 is 1.16. The van der Waals surface area contributed by atoms with Crippen LogP contribution in [-0.2, 0) is 4.79 Å². The number of anilines is 1. The zero-order valence-corrected chi connectivity index (χ0v) is 16.8. The summed E-state index contributed by atoms with van der Waals surface area (Å²) in [5, 5.41) is 7.41. The van der Waals surface area contributed by atoms with Crippen molar-refractivity contribution >= 4 is 34.2 Å². The number of carbonyl (C=O) groups excluding carboxylic acids is 1. The molecule has 0 radical (unpaired) electrons. The van der Waals surface area contributed by atoms with Crippen LogP contribution in [-0.4, -0.2) is 50.2 Å². The quantitative estimate of drug-likeness (QED) is 0.604. The van der Waals surface area contributed by atoms with Crippen molar-refractivity contribution in [3.8, 4) is 5.95 Å². The van der Waals surface area contributed by atoms with Crippen molar-refractivity contribution in [1.82, 2.24) is 24.6 Å². The van der Waals surface area contributed by atoms with E-state index in [2.05, 4.69) is 20.4 Å². The number of nitrogens with zero attached hydrogens (tertiary/aromatic N) is 4. The predicted octanol–water partition coefficient (Wildman–Crippen LogP) is 2.97.